The minimum absolute atomic E-state index is 0.0813. The van der Waals surface area contributed by atoms with E-state index in [4.69, 9.17) is 0 Å². The number of likely N-dealkylation sites (tertiary alicyclic amines) is 1. The fourth-order valence-electron chi connectivity index (χ4n) is 4.05. The number of amides is 2. The molecule has 0 unspecified atom stereocenters. The number of anilines is 1. The van der Waals surface area contributed by atoms with Gasteiger partial charge in [-0.1, -0.05) is 6.92 Å². The molecule has 2 saturated heterocycles. The molecule has 26 heavy (non-hydrogen) atoms. The summed E-state index contributed by atoms with van der Waals surface area (Å²) >= 11 is 1.57. The van der Waals surface area contributed by atoms with E-state index in [2.05, 4.69) is 10.2 Å². The van der Waals surface area contributed by atoms with Crippen LogP contribution in [0.3, 0.4) is 0 Å². The van der Waals surface area contributed by atoms with Crippen molar-refractivity contribution in [2.24, 2.45) is 11.3 Å². The van der Waals surface area contributed by atoms with Gasteiger partial charge in [0.15, 0.2) is 5.78 Å². The second-order valence-corrected chi connectivity index (χ2v) is 7.93. The van der Waals surface area contributed by atoms with Crippen LogP contribution >= 0.6 is 11.3 Å². The predicted molar refractivity (Wildman–Crippen MR) is 97.4 cm³/mol. The molecule has 2 aromatic heterocycles. The summed E-state index contributed by atoms with van der Waals surface area (Å²) in [6.45, 7) is 5.06. The first-order valence-electron chi connectivity index (χ1n) is 8.62. The van der Waals surface area contributed by atoms with Crippen molar-refractivity contribution >= 4 is 34.6 Å². The molecule has 4 heterocycles. The van der Waals surface area contributed by atoms with Crippen molar-refractivity contribution in [1.29, 1.82) is 0 Å². The largest absolute Gasteiger partial charge is 0.336 e. The van der Waals surface area contributed by atoms with E-state index in [1.165, 1.54) is 13.0 Å². The van der Waals surface area contributed by atoms with Gasteiger partial charge >= 0.3 is 0 Å². The van der Waals surface area contributed by atoms with Crippen LogP contribution in [0.25, 0.3) is 0 Å². The van der Waals surface area contributed by atoms with E-state index < -0.39 is 5.41 Å². The topological polar surface area (TPSA) is 86.4 Å². The summed E-state index contributed by atoms with van der Waals surface area (Å²) in [6.07, 6.45) is 0.744. The van der Waals surface area contributed by atoms with Crippen molar-refractivity contribution in [3.8, 4) is 0 Å². The molecule has 136 valence electrons. The number of hydrogen-bond acceptors (Lipinski definition) is 5. The van der Waals surface area contributed by atoms with Crippen molar-refractivity contribution in [2.75, 3.05) is 24.5 Å². The average Bonchev–Trinajstić information content (AvgIpc) is 3.37. The molecule has 2 aliphatic rings. The highest BCUT2D eigenvalue weighted by molar-refractivity contribution is 7.08. The predicted octanol–water partition coefficient (Wildman–Crippen LogP) is 2.19. The van der Waals surface area contributed by atoms with Crippen molar-refractivity contribution in [3.05, 3.63) is 34.3 Å². The highest BCUT2D eigenvalue weighted by Gasteiger charge is 2.56. The monoisotopic (exact) mass is 372 g/mol. The number of H-pyrrole nitrogens is 1. The Morgan fingerprint density at radius 3 is 2.88 bits per heavy atom. The molecule has 0 bridgehead atoms. The quantitative estimate of drug-likeness (QED) is 0.837. The van der Waals surface area contributed by atoms with Gasteiger partial charge in [0.2, 0.25) is 5.91 Å². The molecule has 2 aliphatic heterocycles. The molecule has 7 nitrogen and oxygen atoms in total. The zero-order valence-electron chi connectivity index (χ0n) is 14.7. The summed E-state index contributed by atoms with van der Waals surface area (Å²) in [7, 11) is 0. The van der Waals surface area contributed by atoms with E-state index in [-0.39, 0.29) is 29.2 Å². The SMILES string of the molecule is CC(=O)c1cc(C(=O)N2C[C@@H](C)[C@@]3(CCN(c4ccsc4)C3=O)C2)[nH]n1. The smallest absolute Gasteiger partial charge is 0.271 e. The number of carbonyl (C=O) groups is 3. The highest BCUT2D eigenvalue weighted by atomic mass is 32.1. The molecule has 1 spiro atoms. The zero-order chi connectivity index (χ0) is 18.5. The maximum absolute atomic E-state index is 13.2. The summed E-state index contributed by atoms with van der Waals surface area (Å²) in [5.74, 6) is -0.218. The zero-order valence-corrected chi connectivity index (χ0v) is 15.5. The van der Waals surface area contributed by atoms with Crippen molar-refractivity contribution in [1.82, 2.24) is 15.1 Å². The molecule has 4 rings (SSSR count). The molecular weight excluding hydrogens is 352 g/mol. The Hall–Kier alpha value is -2.48. The van der Waals surface area contributed by atoms with Crippen LogP contribution in [0.15, 0.2) is 22.9 Å². The molecule has 0 radical (unpaired) electrons. The standard InChI is InChI=1S/C18H20N4O3S/c1-11-8-21(16(24)15-7-14(12(2)23)19-20-15)10-18(11)4-5-22(17(18)25)13-3-6-26-9-13/h3,6-7,9,11H,4-5,8,10H2,1-2H3,(H,19,20)/t11-,18-/m1/s1. The minimum atomic E-state index is -0.527. The van der Waals surface area contributed by atoms with Gasteiger partial charge in [-0.3, -0.25) is 19.5 Å². The molecule has 2 aromatic rings. The van der Waals surface area contributed by atoms with Crippen LogP contribution in [0.5, 0.6) is 0 Å². The lowest BCUT2D eigenvalue weighted by Gasteiger charge is -2.26. The van der Waals surface area contributed by atoms with Crippen LogP contribution in [0.4, 0.5) is 5.69 Å². The van der Waals surface area contributed by atoms with E-state index in [1.807, 2.05) is 28.7 Å². The molecule has 8 heteroatoms. The molecule has 2 atom stereocenters. The summed E-state index contributed by atoms with van der Waals surface area (Å²) < 4.78 is 0. The number of ketones is 1. The third-order valence-corrected chi connectivity index (χ3v) is 6.31. The molecule has 0 aromatic carbocycles. The fraction of sp³-hybridized carbons (Fsp3) is 0.444. The van der Waals surface area contributed by atoms with Gasteiger partial charge in [-0.2, -0.15) is 16.4 Å². The first kappa shape index (κ1) is 17.0. The number of thiophene rings is 1. The highest BCUT2D eigenvalue weighted by Crippen LogP contribution is 2.46. The lowest BCUT2D eigenvalue weighted by molar-refractivity contribution is -0.126. The first-order chi connectivity index (χ1) is 12.4. The number of Topliss-reactive ketones (excluding diaryl/α,β-unsaturated/α-hetero) is 1. The number of aromatic nitrogens is 2. The van der Waals surface area contributed by atoms with E-state index in [1.54, 1.807) is 16.2 Å². The number of aromatic amines is 1. The Kier molecular flexibility index (Phi) is 3.95. The van der Waals surface area contributed by atoms with Gasteiger partial charge in [-0.05, 0) is 29.9 Å². The Balaban J connectivity index is 1.55. The number of rotatable bonds is 3. The lowest BCUT2D eigenvalue weighted by Crippen LogP contribution is -2.40. The van der Waals surface area contributed by atoms with Crippen molar-refractivity contribution in [3.63, 3.8) is 0 Å². The average molecular weight is 372 g/mol. The maximum atomic E-state index is 13.2. The van der Waals surface area contributed by atoms with Gasteiger partial charge in [0.25, 0.3) is 5.91 Å². The van der Waals surface area contributed by atoms with Gasteiger partial charge in [-0.15, -0.1) is 0 Å². The third-order valence-electron chi connectivity index (χ3n) is 5.64. The molecule has 1 N–H and O–H groups in total. The van der Waals surface area contributed by atoms with Crippen LogP contribution in [0, 0.1) is 11.3 Å². The van der Waals surface area contributed by atoms with Gasteiger partial charge in [0.1, 0.15) is 11.4 Å². The molecular formula is C18H20N4O3S. The summed E-state index contributed by atoms with van der Waals surface area (Å²) in [4.78, 5) is 40.9. The van der Waals surface area contributed by atoms with Crippen LogP contribution in [-0.4, -0.2) is 52.3 Å². The Morgan fingerprint density at radius 1 is 1.42 bits per heavy atom. The van der Waals surface area contributed by atoms with E-state index >= 15 is 0 Å². The van der Waals surface area contributed by atoms with Crippen molar-refractivity contribution in [2.45, 2.75) is 20.3 Å². The summed E-state index contributed by atoms with van der Waals surface area (Å²) in [5, 5.41) is 10.5. The second-order valence-electron chi connectivity index (χ2n) is 7.15. The Labute approximate surface area is 155 Å². The molecule has 0 saturated carbocycles. The normalized spacial score (nSPS) is 25.5. The van der Waals surface area contributed by atoms with E-state index in [0.717, 1.165) is 12.1 Å². The van der Waals surface area contributed by atoms with Gasteiger partial charge in [0.05, 0.1) is 11.1 Å². The minimum Gasteiger partial charge on any atom is -0.336 e. The second kappa shape index (κ2) is 6.05. The number of hydrogen-bond donors (Lipinski definition) is 1. The summed E-state index contributed by atoms with van der Waals surface area (Å²) in [5.41, 5.74) is 0.949. The van der Waals surface area contributed by atoms with Crippen LogP contribution in [0.1, 0.15) is 41.2 Å². The van der Waals surface area contributed by atoms with Crippen molar-refractivity contribution < 1.29 is 14.4 Å². The maximum Gasteiger partial charge on any atom is 0.271 e. The third kappa shape index (κ3) is 2.47. The van der Waals surface area contributed by atoms with Crippen LogP contribution in [0.2, 0.25) is 0 Å². The van der Waals surface area contributed by atoms with Gasteiger partial charge in [-0.25, -0.2) is 0 Å². The number of carbonyl (C=O) groups excluding carboxylic acids is 3. The molecule has 2 fully saturated rings. The number of nitrogens with zero attached hydrogens (tertiary/aromatic N) is 3. The van der Waals surface area contributed by atoms with E-state index in [9.17, 15) is 14.4 Å². The Morgan fingerprint density at radius 2 is 2.23 bits per heavy atom. The Bertz CT molecular complexity index is 875. The van der Waals surface area contributed by atoms with Gasteiger partial charge in [0, 0.05) is 31.9 Å². The fourth-order valence-corrected chi connectivity index (χ4v) is 4.69. The van der Waals surface area contributed by atoms with Gasteiger partial charge < -0.3 is 9.80 Å². The molecule has 2 amide bonds. The first-order valence-corrected chi connectivity index (χ1v) is 9.56. The summed E-state index contributed by atoms with van der Waals surface area (Å²) in [6, 6.07) is 3.44. The van der Waals surface area contributed by atoms with Crippen LogP contribution in [-0.2, 0) is 4.79 Å². The number of nitrogens with one attached hydrogen (secondary N) is 1. The molecule has 0 aliphatic carbocycles. The lowest BCUT2D eigenvalue weighted by atomic mass is 9.78. The van der Waals surface area contributed by atoms with Crippen LogP contribution < -0.4 is 4.90 Å². The van der Waals surface area contributed by atoms with E-state index in [0.29, 0.717) is 25.3 Å².